The Hall–Kier alpha value is -4.73. The summed E-state index contributed by atoms with van der Waals surface area (Å²) < 4.78 is 0. The Kier molecular flexibility index (Phi) is 12.1. The summed E-state index contributed by atoms with van der Waals surface area (Å²) in [6.07, 6.45) is -3.16. The molecular weight excluding hydrogens is 512 g/mol. The van der Waals surface area contributed by atoms with Crippen molar-refractivity contribution in [2.24, 2.45) is 5.73 Å². The fraction of sp³-hybridized carbons (Fsp3) is 0.409. The molecule has 208 valence electrons. The van der Waals surface area contributed by atoms with Gasteiger partial charge in [0.15, 0.2) is 0 Å². The van der Waals surface area contributed by atoms with Gasteiger partial charge in [0.2, 0.25) is 17.7 Å². The van der Waals surface area contributed by atoms with Crippen LogP contribution in [0.4, 0.5) is 0 Å². The van der Waals surface area contributed by atoms with Gasteiger partial charge in [-0.2, -0.15) is 0 Å². The Balaban J connectivity index is 3.18. The van der Waals surface area contributed by atoms with E-state index in [4.69, 9.17) is 26.2 Å². The van der Waals surface area contributed by atoms with Gasteiger partial charge in [-0.3, -0.25) is 28.8 Å². The van der Waals surface area contributed by atoms with Gasteiger partial charge in [0.1, 0.15) is 23.9 Å². The summed E-state index contributed by atoms with van der Waals surface area (Å²) in [5.41, 5.74) is 5.95. The molecule has 16 heteroatoms. The molecular formula is C22H28N4O12. The average molecular weight is 540 g/mol. The molecule has 4 atom stereocenters. The van der Waals surface area contributed by atoms with Gasteiger partial charge >= 0.3 is 23.9 Å². The summed E-state index contributed by atoms with van der Waals surface area (Å²) in [5, 5.41) is 51.7. The van der Waals surface area contributed by atoms with Crippen molar-refractivity contribution >= 4 is 41.6 Å². The van der Waals surface area contributed by atoms with Crippen molar-refractivity contribution in [3.05, 3.63) is 29.8 Å². The SMILES string of the molecule is NC(CC(=O)O)C(=O)NC(Cc1ccc(O)cc1)C(=O)NC(CCC(=O)O)C(=O)NC(CC(=O)O)C(=O)O. The molecule has 4 unspecified atom stereocenters. The van der Waals surface area contributed by atoms with Crippen LogP contribution in [0.1, 0.15) is 31.2 Å². The zero-order valence-electron chi connectivity index (χ0n) is 19.8. The number of hydrogen-bond acceptors (Lipinski definition) is 9. The summed E-state index contributed by atoms with van der Waals surface area (Å²) >= 11 is 0. The summed E-state index contributed by atoms with van der Waals surface area (Å²) in [6, 6.07) is -1.14. The number of nitrogens with one attached hydrogen (secondary N) is 3. The number of carbonyl (C=O) groups excluding carboxylic acids is 3. The lowest BCUT2D eigenvalue weighted by Crippen LogP contribution is -2.58. The quantitative estimate of drug-likeness (QED) is 0.106. The molecule has 0 heterocycles. The topological polar surface area (TPSA) is 283 Å². The highest BCUT2D eigenvalue weighted by Crippen LogP contribution is 2.12. The molecule has 1 rings (SSSR count). The first-order chi connectivity index (χ1) is 17.7. The zero-order valence-corrected chi connectivity index (χ0v) is 19.8. The largest absolute Gasteiger partial charge is 0.508 e. The normalized spacial score (nSPS) is 13.7. The molecule has 10 N–H and O–H groups in total. The van der Waals surface area contributed by atoms with Crippen LogP contribution in [0.3, 0.4) is 0 Å². The number of aromatic hydroxyl groups is 1. The van der Waals surface area contributed by atoms with Crippen molar-refractivity contribution in [3.63, 3.8) is 0 Å². The molecule has 0 fully saturated rings. The maximum Gasteiger partial charge on any atom is 0.326 e. The van der Waals surface area contributed by atoms with Crippen LogP contribution < -0.4 is 21.7 Å². The Morgan fingerprint density at radius 1 is 0.684 bits per heavy atom. The molecule has 0 saturated carbocycles. The maximum absolute atomic E-state index is 13.1. The Bertz CT molecular complexity index is 1060. The maximum atomic E-state index is 13.1. The van der Waals surface area contributed by atoms with Crippen LogP contribution in [0.15, 0.2) is 24.3 Å². The molecule has 16 nitrogen and oxygen atoms in total. The number of carboxylic acid groups (broad SMARTS) is 4. The molecule has 0 aliphatic rings. The van der Waals surface area contributed by atoms with Crippen LogP contribution in [0.25, 0.3) is 0 Å². The van der Waals surface area contributed by atoms with Crippen molar-refractivity contribution in [1.82, 2.24) is 16.0 Å². The highest BCUT2D eigenvalue weighted by atomic mass is 16.4. The van der Waals surface area contributed by atoms with Crippen LogP contribution in [-0.2, 0) is 40.0 Å². The van der Waals surface area contributed by atoms with Crippen LogP contribution in [0.2, 0.25) is 0 Å². The number of carbonyl (C=O) groups is 7. The first-order valence-electron chi connectivity index (χ1n) is 11.0. The number of rotatable bonds is 16. The average Bonchev–Trinajstić information content (AvgIpc) is 2.80. The smallest absolute Gasteiger partial charge is 0.326 e. The first-order valence-corrected chi connectivity index (χ1v) is 11.0. The lowest BCUT2D eigenvalue weighted by atomic mass is 10.0. The fourth-order valence-corrected chi connectivity index (χ4v) is 3.09. The zero-order chi connectivity index (χ0) is 29.0. The third-order valence-electron chi connectivity index (χ3n) is 5.01. The van der Waals surface area contributed by atoms with E-state index in [1.807, 2.05) is 5.32 Å². The van der Waals surface area contributed by atoms with E-state index in [0.29, 0.717) is 5.56 Å². The van der Waals surface area contributed by atoms with Crippen molar-refractivity contribution in [2.75, 3.05) is 0 Å². The van der Waals surface area contributed by atoms with Gasteiger partial charge in [0.05, 0.1) is 18.9 Å². The third-order valence-corrected chi connectivity index (χ3v) is 5.01. The van der Waals surface area contributed by atoms with Gasteiger partial charge in [-0.15, -0.1) is 0 Å². The van der Waals surface area contributed by atoms with Crippen LogP contribution in [0.5, 0.6) is 5.75 Å². The number of hydrogen-bond donors (Lipinski definition) is 9. The number of nitrogens with two attached hydrogens (primary N) is 1. The number of amides is 3. The minimum Gasteiger partial charge on any atom is -0.508 e. The molecule has 0 aromatic heterocycles. The van der Waals surface area contributed by atoms with Crippen molar-refractivity contribution in [1.29, 1.82) is 0 Å². The van der Waals surface area contributed by atoms with E-state index in [2.05, 4.69) is 10.6 Å². The van der Waals surface area contributed by atoms with Gasteiger partial charge in [0.25, 0.3) is 0 Å². The van der Waals surface area contributed by atoms with Crippen molar-refractivity contribution in [3.8, 4) is 5.75 Å². The predicted molar refractivity (Wildman–Crippen MR) is 125 cm³/mol. The summed E-state index contributed by atoms with van der Waals surface area (Å²) in [5.74, 6) is -9.31. The Morgan fingerprint density at radius 3 is 1.68 bits per heavy atom. The van der Waals surface area contributed by atoms with Crippen molar-refractivity contribution < 1.29 is 59.1 Å². The highest BCUT2D eigenvalue weighted by Gasteiger charge is 2.31. The molecule has 0 spiro atoms. The summed E-state index contributed by atoms with van der Waals surface area (Å²) in [6.45, 7) is 0. The fourth-order valence-electron chi connectivity index (χ4n) is 3.09. The second kappa shape index (κ2) is 14.7. The lowest BCUT2D eigenvalue weighted by molar-refractivity contribution is -0.147. The molecule has 0 bridgehead atoms. The first kappa shape index (κ1) is 31.3. The molecule has 0 aliphatic heterocycles. The number of phenols is 1. The molecule has 1 aromatic carbocycles. The molecule has 0 radical (unpaired) electrons. The predicted octanol–water partition coefficient (Wildman–Crippen LogP) is -2.38. The van der Waals surface area contributed by atoms with Crippen LogP contribution in [-0.4, -0.2) is 91.3 Å². The van der Waals surface area contributed by atoms with E-state index in [0.717, 1.165) is 0 Å². The number of aliphatic carboxylic acids is 4. The van der Waals surface area contributed by atoms with Gasteiger partial charge in [0, 0.05) is 12.8 Å². The molecule has 38 heavy (non-hydrogen) atoms. The number of benzene rings is 1. The third kappa shape index (κ3) is 11.3. The molecule has 0 saturated heterocycles. The lowest BCUT2D eigenvalue weighted by Gasteiger charge is -2.25. The summed E-state index contributed by atoms with van der Waals surface area (Å²) in [7, 11) is 0. The van der Waals surface area contributed by atoms with E-state index in [-0.39, 0.29) is 12.2 Å². The number of phenolic OH excluding ortho intramolecular Hbond substituents is 1. The van der Waals surface area contributed by atoms with E-state index in [1.165, 1.54) is 24.3 Å². The Morgan fingerprint density at radius 2 is 1.18 bits per heavy atom. The Labute approximate surface area is 214 Å². The van der Waals surface area contributed by atoms with E-state index < -0.39 is 91.4 Å². The van der Waals surface area contributed by atoms with E-state index in [1.54, 1.807) is 0 Å². The molecule has 0 aliphatic carbocycles. The second-order valence-electron chi connectivity index (χ2n) is 8.13. The van der Waals surface area contributed by atoms with Gasteiger partial charge in [-0.25, -0.2) is 4.79 Å². The minimum atomic E-state index is -1.88. The van der Waals surface area contributed by atoms with Gasteiger partial charge < -0.3 is 47.2 Å². The minimum absolute atomic E-state index is 0.0954. The molecule has 3 amide bonds. The van der Waals surface area contributed by atoms with Crippen molar-refractivity contribution in [2.45, 2.75) is 56.3 Å². The van der Waals surface area contributed by atoms with Gasteiger partial charge in [-0.05, 0) is 24.1 Å². The van der Waals surface area contributed by atoms with Gasteiger partial charge in [-0.1, -0.05) is 12.1 Å². The summed E-state index contributed by atoms with van der Waals surface area (Å²) in [4.78, 5) is 82.3. The van der Waals surface area contributed by atoms with Crippen LogP contribution in [0, 0.1) is 0 Å². The monoisotopic (exact) mass is 540 g/mol. The standard InChI is InChI=1S/C22H28N4O12/c23-12(8-17(30)31)19(34)25-14(7-10-1-3-11(27)4-2-10)21(36)24-13(5-6-16(28)29)20(35)26-15(22(37)38)9-18(32)33/h1-4,12-15,27H,5-9,23H2,(H,24,36)(H,25,34)(H,26,35)(H,28,29)(H,30,31)(H,32,33)(H,37,38). The second-order valence-corrected chi connectivity index (χ2v) is 8.13. The van der Waals surface area contributed by atoms with E-state index in [9.17, 15) is 38.7 Å². The van der Waals surface area contributed by atoms with Crippen LogP contribution >= 0.6 is 0 Å². The highest BCUT2D eigenvalue weighted by molar-refractivity contribution is 5.95. The number of carboxylic acids is 4. The van der Waals surface area contributed by atoms with E-state index >= 15 is 0 Å². The molecule has 1 aromatic rings.